The number of carbonyl (C=O) groups excluding carboxylic acids is 2. The molecular formula is C16H20N4O5S. The first-order valence-electron chi connectivity index (χ1n) is 7.72. The SMILES string of the molecule is COc1ccc(-c2nnc(SCC(=O)NC(=O)NC(C)C)o2)c(OC)c1. The number of benzene rings is 1. The first-order chi connectivity index (χ1) is 12.4. The van der Waals surface area contributed by atoms with Gasteiger partial charge in [-0.3, -0.25) is 10.1 Å². The molecular weight excluding hydrogens is 360 g/mol. The molecule has 0 aliphatic carbocycles. The zero-order chi connectivity index (χ0) is 19.1. The van der Waals surface area contributed by atoms with Crippen molar-refractivity contribution < 1.29 is 23.5 Å². The Bertz CT molecular complexity index is 778. The van der Waals surface area contributed by atoms with E-state index in [-0.39, 0.29) is 22.9 Å². The lowest BCUT2D eigenvalue weighted by molar-refractivity contribution is -0.117. The normalized spacial score (nSPS) is 10.5. The van der Waals surface area contributed by atoms with Gasteiger partial charge < -0.3 is 19.2 Å². The smallest absolute Gasteiger partial charge is 0.321 e. The molecule has 0 saturated heterocycles. The van der Waals surface area contributed by atoms with Gasteiger partial charge in [-0.15, -0.1) is 10.2 Å². The fourth-order valence-corrected chi connectivity index (χ4v) is 2.50. The molecule has 2 aromatic rings. The zero-order valence-corrected chi connectivity index (χ0v) is 15.7. The molecule has 0 atom stereocenters. The summed E-state index contributed by atoms with van der Waals surface area (Å²) in [5.74, 6) is 0.913. The average molecular weight is 380 g/mol. The van der Waals surface area contributed by atoms with Crippen molar-refractivity contribution in [2.75, 3.05) is 20.0 Å². The Morgan fingerprint density at radius 1 is 1.23 bits per heavy atom. The highest BCUT2D eigenvalue weighted by molar-refractivity contribution is 7.99. The number of hydrogen-bond acceptors (Lipinski definition) is 8. The minimum absolute atomic E-state index is 0.0348. The van der Waals surface area contributed by atoms with Gasteiger partial charge in [-0.2, -0.15) is 0 Å². The Labute approximate surface area is 154 Å². The van der Waals surface area contributed by atoms with E-state index in [1.54, 1.807) is 39.2 Å². The van der Waals surface area contributed by atoms with Crippen LogP contribution in [0.4, 0.5) is 4.79 Å². The van der Waals surface area contributed by atoms with E-state index in [1.165, 1.54) is 7.11 Å². The zero-order valence-electron chi connectivity index (χ0n) is 14.9. The summed E-state index contributed by atoms with van der Waals surface area (Å²) in [5, 5.41) is 12.8. The van der Waals surface area contributed by atoms with Crippen LogP contribution in [0.25, 0.3) is 11.5 Å². The van der Waals surface area contributed by atoms with Crippen LogP contribution in [-0.4, -0.2) is 48.1 Å². The fourth-order valence-electron chi connectivity index (χ4n) is 1.94. The molecule has 0 spiro atoms. The van der Waals surface area contributed by atoms with Crippen molar-refractivity contribution in [3.8, 4) is 23.0 Å². The monoisotopic (exact) mass is 380 g/mol. The van der Waals surface area contributed by atoms with Crippen LogP contribution >= 0.6 is 11.8 Å². The second kappa shape index (κ2) is 9.09. The van der Waals surface area contributed by atoms with Gasteiger partial charge in [-0.1, -0.05) is 11.8 Å². The van der Waals surface area contributed by atoms with Crippen LogP contribution in [0.15, 0.2) is 27.8 Å². The first-order valence-corrected chi connectivity index (χ1v) is 8.70. The maximum atomic E-state index is 11.7. The molecule has 26 heavy (non-hydrogen) atoms. The van der Waals surface area contributed by atoms with Crippen LogP contribution in [0, 0.1) is 0 Å². The van der Waals surface area contributed by atoms with Crippen molar-refractivity contribution in [3.63, 3.8) is 0 Å². The molecule has 0 aliphatic rings. The van der Waals surface area contributed by atoms with Gasteiger partial charge >= 0.3 is 6.03 Å². The molecule has 1 heterocycles. The van der Waals surface area contributed by atoms with Crippen LogP contribution in [-0.2, 0) is 4.79 Å². The van der Waals surface area contributed by atoms with Crippen LogP contribution in [0.3, 0.4) is 0 Å². The molecule has 2 rings (SSSR count). The van der Waals surface area contributed by atoms with Gasteiger partial charge in [0.2, 0.25) is 5.91 Å². The summed E-state index contributed by atoms with van der Waals surface area (Å²) in [6.07, 6.45) is 0. The van der Waals surface area contributed by atoms with Gasteiger partial charge in [0, 0.05) is 12.1 Å². The minimum Gasteiger partial charge on any atom is -0.497 e. The molecule has 9 nitrogen and oxygen atoms in total. The van der Waals surface area contributed by atoms with E-state index in [0.29, 0.717) is 17.1 Å². The molecule has 1 aromatic heterocycles. The van der Waals surface area contributed by atoms with E-state index in [4.69, 9.17) is 13.9 Å². The Kier molecular flexibility index (Phi) is 6.84. The van der Waals surface area contributed by atoms with E-state index in [0.717, 1.165) is 11.8 Å². The van der Waals surface area contributed by atoms with Crippen molar-refractivity contribution in [1.29, 1.82) is 0 Å². The number of hydrogen-bond donors (Lipinski definition) is 2. The number of carbonyl (C=O) groups is 2. The molecule has 1 aromatic carbocycles. The summed E-state index contributed by atoms with van der Waals surface area (Å²) in [7, 11) is 3.08. The highest BCUT2D eigenvalue weighted by atomic mass is 32.2. The van der Waals surface area contributed by atoms with Gasteiger partial charge in [-0.25, -0.2) is 4.79 Å². The third-order valence-electron chi connectivity index (χ3n) is 3.05. The summed E-state index contributed by atoms with van der Waals surface area (Å²) >= 11 is 1.03. The van der Waals surface area contributed by atoms with Crippen molar-refractivity contribution in [3.05, 3.63) is 18.2 Å². The van der Waals surface area contributed by atoms with Crippen LogP contribution < -0.4 is 20.1 Å². The van der Waals surface area contributed by atoms with Crippen molar-refractivity contribution in [1.82, 2.24) is 20.8 Å². The van der Waals surface area contributed by atoms with Crippen molar-refractivity contribution >= 4 is 23.7 Å². The predicted octanol–water partition coefficient (Wildman–Crippen LogP) is 2.08. The topological polar surface area (TPSA) is 116 Å². The number of methoxy groups -OCH3 is 2. The van der Waals surface area contributed by atoms with Crippen LogP contribution in [0.1, 0.15) is 13.8 Å². The molecule has 10 heteroatoms. The van der Waals surface area contributed by atoms with E-state index < -0.39 is 11.9 Å². The number of nitrogens with one attached hydrogen (secondary N) is 2. The number of urea groups is 1. The Balaban J connectivity index is 1.98. The molecule has 0 saturated carbocycles. The number of imide groups is 1. The maximum Gasteiger partial charge on any atom is 0.321 e. The number of aromatic nitrogens is 2. The van der Waals surface area contributed by atoms with E-state index in [1.807, 2.05) is 0 Å². The molecule has 0 unspecified atom stereocenters. The summed E-state index contributed by atoms with van der Waals surface area (Å²) in [4.78, 5) is 23.2. The first kappa shape index (κ1) is 19.6. The molecule has 0 aliphatic heterocycles. The molecule has 0 fully saturated rings. The van der Waals surface area contributed by atoms with Gasteiger partial charge in [0.15, 0.2) is 0 Å². The van der Waals surface area contributed by atoms with E-state index >= 15 is 0 Å². The third kappa shape index (κ3) is 5.38. The van der Waals surface area contributed by atoms with Gasteiger partial charge in [0.25, 0.3) is 11.1 Å². The fraction of sp³-hybridized carbons (Fsp3) is 0.375. The largest absolute Gasteiger partial charge is 0.497 e. The summed E-state index contributed by atoms with van der Waals surface area (Å²) in [6.45, 7) is 3.60. The van der Waals surface area contributed by atoms with Gasteiger partial charge in [0.1, 0.15) is 11.5 Å². The maximum absolute atomic E-state index is 11.7. The minimum atomic E-state index is -0.542. The highest BCUT2D eigenvalue weighted by Crippen LogP contribution is 2.33. The van der Waals surface area contributed by atoms with E-state index in [9.17, 15) is 9.59 Å². The van der Waals surface area contributed by atoms with Crippen molar-refractivity contribution in [2.24, 2.45) is 0 Å². The van der Waals surface area contributed by atoms with Crippen LogP contribution in [0.5, 0.6) is 11.5 Å². The number of rotatable bonds is 7. The molecule has 140 valence electrons. The lowest BCUT2D eigenvalue weighted by atomic mass is 10.2. The molecule has 0 radical (unpaired) electrons. The van der Waals surface area contributed by atoms with Gasteiger partial charge in [0.05, 0.1) is 25.5 Å². The second-order valence-electron chi connectivity index (χ2n) is 5.40. The Hall–Kier alpha value is -2.75. The Morgan fingerprint density at radius 2 is 2.00 bits per heavy atom. The third-order valence-corrected chi connectivity index (χ3v) is 3.86. The molecule has 0 bridgehead atoms. The quantitative estimate of drug-likeness (QED) is 0.702. The number of ether oxygens (including phenoxy) is 2. The Morgan fingerprint density at radius 3 is 2.65 bits per heavy atom. The van der Waals surface area contributed by atoms with E-state index in [2.05, 4.69) is 20.8 Å². The average Bonchev–Trinajstić information content (AvgIpc) is 3.07. The highest BCUT2D eigenvalue weighted by Gasteiger charge is 2.16. The standard InChI is InChI=1S/C16H20N4O5S/c1-9(2)17-15(22)18-13(21)8-26-16-20-19-14(25-16)11-6-5-10(23-3)7-12(11)24-4/h5-7,9H,8H2,1-4H3,(H2,17,18,21,22). The lowest BCUT2D eigenvalue weighted by Crippen LogP contribution is -2.43. The van der Waals surface area contributed by atoms with Crippen LogP contribution in [0.2, 0.25) is 0 Å². The lowest BCUT2D eigenvalue weighted by Gasteiger charge is -2.08. The predicted molar refractivity (Wildman–Crippen MR) is 95.4 cm³/mol. The molecule has 2 N–H and O–H groups in total. The molecule has 3 amide bonds. The summed E-state index contributed by atoms with van der Waals surface area (Å²) < 4.78 is 16.0. The second-order valence-corrected chi connectivity index (χ2v) is 6.33. The number of amides is 3. The summed E-state index contributed by atoms with van der Waals surface area (Å²) in [5.41, 5.74) is 0.605. The number of nitrogens with zero attached hydrogens (tertiary/aromatic N) is 2. The van der Waals surface area contributed by atoms with Gasteiger partial charge in [-0.05, 0) is 26.0 Å². The number of thioether (sulfide) groups is 1. The van der Waals surface area contributed by atoms with Crippen molar-refractivity contribution in [2.45, 2.75) is 25.1 Å². The summed E-state index contributed by atoms with van der Waals surface area (Å²) in [6, 6.07) is 4.58.